The zero-order valence-corrected chi connectivity index (χ0v) is 18.4. The number of aryl methyl sites for hydroxylation is 1. The van der Waals surface area contributed by atoms with Gasteiger partial charge in [-0.25, -0.2) is 4.98 Å². The van der Waals surface area contributed by atoms with Crippen LogP contribution in [0.3, 0.4) is 0 Å². The summed E-state index contributed by atoms with van der Waals surface area (Å²) in [7, 11) is 1.70. The highest BCUT2D eigenvalue weighted by Gasteiger charge is 2.35. The van der Waals surface area contributed by atoms with Crippen molar-refractivity contribution in [1.82, 2.24) is 19.4 Å². The highest BCUT2D eigenvalue weighted by atomic mass is 32.1. The fraction of sp³-hybridized carbons (Fsp3) is 0.636. The fourth-order valence-corrected chi connectivity index (χ4v) is 5.85. The number of hydrogen-bond acceptors (Lipinski definition) is 5. The summed E-state index contributed by atoms with van der Waals surface area (Å²) < 4.78 is 7.30. The Morgan fingerprint density at radius 1 is 1.24 bits per heavy atom. The van der Waals surface area contributed by atoms with Gasteiger partial charge in [-0.15, -0.1) is 0 Å². The molecule has 0 saturated carbocycles. The number of methoxy groups -OCH3 is 1. The molecule has 0 N–H and O–H groups in total. The summed E-state index contributed by atoms with van der Waals surface area (Å²) in [5.74, 6) is 0.658. The van der Waals surface area contributed by atoms with Crippen LogP contribution < -0.4 is 0 Å². The molecule has 29 heavy (non-hydrogen) atoms. The van der Waals surface area contributed by atoms with Gasteiger partial charge >= 0.3 is 0 Å². The van der Waals surface area contributed by atoms with E-state index in [1.807, 2.05) is 40.9 Å². The van der Waals surface area contributed by atoms with E-state index in [2.05, 4.69) is 9.88 Å². The number of piperidine rings is 2. The van der Waals surface area contributed by atoms with E-state index in [1.54, 1.807) is 7.11 Å². The highest BCUT2D eigenvalue weighted by Crippen LogP contribution is 2.32. The molecule has 6 nitrogen and oxygen atoms in total. The Kier molecular flexibility index (Phi) is 6.67. The predicted molar refractivity (Wildman–Crippen MR) is 116 cm³/mol. The van der Waals surface area contributed by atoms with Crippen LogP contribution in [-0.2, 0) is 4.74 Å². The molecule has 2 fully saturated rings. The Balaban J connectivity index is 1.52. The third-order valence-corrected chi connectivity index (χ3v) is 7.50. The monoisotopic (exact) mass is 416 g/mol. The minimum atomic E-state index is 0.100. The Morgan fingerprint density at radius 3 is 2.83 bits per heavy atom. The van der Waals surface area contributed by atoms with Gasteiger partial charge in [-0.3, -0.25) is 4.79 Å². The van der Waals surface area contributed by atoms with Gasteiger partial charge in [-0.05, 0) is 63.7 Å². The van der Waals surface area contributed by atoms with Crippen LogP contribution in [0.2, 0.25) is 0 Å². The van der Waals surface area contributed by atoms with Gasteiger partial charge in [0.15, 0.2) is 5.13 Å². The Bertz CT molecular complexity index is 802. The largest absolute Gasteiger partial charge is 0.383 e. The first-order valence-corrected chi connectivity index (χ1v) is 11.6. The van der Waals surface area contributed by atoms with E-state index in [0.29, 0.717) is 25.1 Å². The lowest BCUT2D eigenvalue weighted by molar-refractivity contribution is 0.0317. The summed E-state index contributed by atoms with van der Waals surface area (Å²) in [6.07, 6.45) is 10.3. The molecular weight excluding hydrogens is 384 g/mol. The summed E-state index contributed by atoms with van der Waals surface area (Å²) in [6.45, 7) is 6.40. The minimum Gasteiger partial charge on any atom is -0.383 e. The van der Waals surface area contributed by atoms with Crippen LogP contribution in [0.25, 0.3) is 5.13 Å². The zero-order valence-electron chi connectivity index (χ0n) is 17.5. The molecule has 0 spiro atoms. The summed E-state index contributed by atoms with van der Waals surface area (Å²) in [6, 6.07) is 4.58. The van der Waals surface area contributed by atoms with Gasteiger partial charge < -0.3 is 19.1 Å². The van der Waals surface area contributed by atoms with E-state index in [1.165, 1.54) is 56.5 Å². The van der Waals surface area contributed by atoms with Crippen molar-refractivity contribution >= 4 is 17.2 Å². The number of fused-ring (bicyclic) bond motifs is 1. The number of carbonyl (C=O) groups excluding carboxylic acids is 1. The summed E-state index contributed by atoms with van der Waals surface area (Å²) in [5, 5.41) is 0.846. The molecule has 7 heteroatoms. The molecule has 4 heterocycles. The van der Waals surface area contributed by atoms with Crippen molar-refractivity contribution in [1.29, 1.82) is 0 Å². The van der Waals surface area contributed by atoms with Gasteiger partial charge in [-0.1, -0.05) is 17.8 Å². The van der Waals surface area contributed by atoms with Crippen molar-refractivity contribution in [3.63, 3.8) is 0 Å². The van der Waals surface area contributed by atoms with Crippen molar-refractivity contribution in [3.8, 4) is 5.13 Å². The first-order chi connectivity index (χ1) is 14.2. The van der Waals surface area contributed by atoms with E-state index in [-0.39, 0.29) is 5.91 Å². The van der Waals surface area contributed by atoms with Gasteiger partial charge in [0.05, 0.1) is 12.3 Å². The molecule has 0 unspecified atom stereocenters. The number of thiazole rings is 1. The van der Waals surface area contributed by atoms with Crippen molar-refractivity contribution < 1.29 is 9.53 Å². The van der Waals surface area contributed by atoms with Crippen molar-refractivity contribution in [3.05, 3.63) is 35.1 Å². The number of aromatic nitrogens is 2. The zero-order chi connectivity index (χ0) is 20.2. The van der Waals surface area contributed by atoms with Crippen LogP contribution in [0.15, 0.2) is 24.5 Å². The number of carbonyl (C=O) groups is 1. The molecule has 2 aromatic heterocycles. The normalized spacial score (nSPS) is 22.4. The average molecular weight is 417 g/mol. The quantitative estimate of drug-likeness (QED) is 0.692. The molecule has 4 rings (SSSR count). The van der Waals surface area contributed by atoms with Gasteiger partial charge in [0, 0.05) is 38.6 Å². The second-order valence-corrected chi connectivity index (χ2v) is 9.22. The Hall–Kier alpha value is -1.70. The lowest BCUT2D eigenvalue weighted by atomic mass is 9.83. The van der Waals surface area contributed by atoms with Gasteiger partial charge in [-0.2, -0.15) is 0 Å². The Morgan fingerprint density at radius 2 is 2.03 bits per heavy atom. The first-order valence-electron chi connectivity index (χ1n) is 10.8. The maximum absolute atomic E-state index is 13.5. The molecule has 2 aliphatic rings. The highest BCUT2D eigenvalue weighted by molar-refractivity contribution is 7.16. The molecule has 1 amide bonds. The minimum absolute atomic E-state index is 0.100. The van der Waals surface area contributed by atoms with Crippen molar-refractivity contribution in [2.24, 2.45) is 5.92 Å². The standard InChI is InChI=1S/C22H32N4O2S/c1-17-20(29-22(23-17)25-11-5-6-12-25)21(27)26(14-15-28-2)16-18-8-7-13-24-10-4-3-9-19(18)24/h5-6,11-12,18-19H,3-4,7-10,13-16H2,1-2H3/t18-,19+/m0/s1. The summed E-state index contributed by atoms with van der Waals surface area (Å²) >= 11 is 1.48. The second-order valence-electron chi connectivity index (χ2n) is 8.25. The molecule has 0 aliphatic carbocycles. The predicted octanol–water partition coefficient (Wildman–Crippen LogP) is 3.60. The molecule has 0 bridgehead atoms. The SMILES string of the molecule is COCCN(C[C@@H]1CCCN2CCCC[C@H]12)C(=O)c1sc(-n2cccc2)nc1C. The number of nitrogens with zero attached hydrogens (tertiary/aromatic N) is 4. The van der Waals surface area contributed by atoms with Crippen LogP contribution in [-0.4, -0.2) is 71.2 Å². The van der Waals surface area contributed by atoms with E-state index in [9.17, 15) is 4.79 Å². The fourth-order valence-electron chi connectivity index (χ4n) is 4.85. The lowest BCUT2D eigenvalue weighted by Gasteiger charge is -2.45. The summed E-state index contributed by atoms with van der Waals surface area (Å²) in [5.41, 5.74) is 0.814. The van der Waals surface area contributed by atoms with Crippen molar-refractivity contribution in [2.75, 3.05) is 39.9 Å². The molecule has 2 aliphatic heterocycles. The van der Waals surface area contributed by atoms with E-state index in [0.717, 1.165) is 22.2 Å². The topological polar surface area (TPSA) is 50.6 Å². The van der Waals surface area contributed by atoms with Gasteiger partial charge in [0.25, 0.3) is 5.91 Å². The van der Waals surface area contributed by atoms with Crippen LogP contribution in [0.5, 0.6) is 0 Å². The number of hydrogen-bond donors (Lipinski definition) is 0. The maximum atomic E-state index is 13.5. The number of ether oxygens (including phenoxy) is 1. The molecule has 158 valence electrons. The average Bonchev–Trinajstić information content (AvgIpc) is 3.40. The van der Waals surface area contributed by atoms with Crippen LogP contribution in [0.4, 0.5) is 0 Å². The molecule has 2 saturated heterocycles. The number of amides is 1. The third kappa shape index (κ3) is 4.57. The van der Waals surface area contributed by atoms with E-state index in [4.69, 9.17) is 4.74 Å². The number of rotatable bonds is 7. The summed E-state index contributed by atoms with van der Waals surface area (Å²) in [4.78, 5) is 23.6. The molecule has 2 aromatic rings. The molecule has 0 radical (unpaired) electrons. The maximum Gasteiger partial charge on any atom is 0.266 e. The van der Waals surface area contributed by atoms with Crippen LogP contribution in [0.1, 0.15) is 47.5 Å². The van der Waals surface area contributed by atoms with Crippen LogP contribution >= 0.6 is 11.3 Å². The molecule has 0 aromatic carbocycles. The van der Waals surface area contributed by atoms with Gasteiger partial charge in [0.1, 0.15) is 4.88 Å². The third-order valence-electron chi connectivity index (χ3n) is 6.34. The molecular formula is C22H32N4O2S. The molecule has 2 atom stereocenters. The first kappa shape index (κ1) is 20.6. The van der Waals surface area contributed by atoms with Gasteiger partial charge in [0.2, 0.25) is 0 Å². The lowest BCUT2D eigenvalue weighted by Crippen LogP contribution is -2.52. The van der Waals surface area contributed by atoms with E-state index >= 15 is 0 Å². The van der Waals surface area contributed by atoms with Crippen molar-refractivity contribution in [2.45, 2.75) is 45.1 Å². The second kappa shape index (κ2) is 9.41. The van der Waals surface area contributed by atoms with Crippen LogP contribution in [0, 0.1) is 12.8 Å². The smallest absolute Gasteiger partial charge is 0.266 e. The van der Waals surface area contributed by atoms with E-state index < -0.39 is 0 Å². The Labute approximate surface area is 177 Å².